The van der Waals surface area contributed by atoms with Crippen molar-refractivity contribution < 1.29 is 9.53 Å². The number of hydrogen-bond acceptors (Lipinski definition) is 3. The summed E-state index contributed by atoms with van der Waals surface area (Å²) in [4.78, 5) is 15.0. The van der Waals surface area contributed by atoms with Gasteiger partial charge in [0.2, 0.25) is 0 Å². The molecule has 0 N–H and O–H groups in total. The smallest absolute Gasteiger partial charge is 0.255 e. The van der Waals surface area contributed by atoms with Gasteiger partial charge in [-0.2, -0.15) is 0 Å². The van der Waals surface area contributed by atoms with Gasteiger partial charge >= 0.3 is 0 Å². The van der Waals surface area contributed by atoms with Crippen molar-refractivity contribution >= 4 is 17.7 Å². The van der Waals surface area contributed by atoms with Crippen molar-refractivity contribution in [2.24, 2.45) is 0 Å². The highest BCUT2D eigenvalue weighted by Gasteiger charge is 2.31. The lowest BCUT2D eigenvalue weighted by atomic mass is 10.1. The Balaban J connectivity index is 1.49. The van der Waals surface area contributed by atoms with Gasteiger partial charge in [-0.25, -0.2) is 0 Å². The lowest BCUT2D eigenvalue weighted by Crippen LogP contribution is -2.30. The molecule has 0 spiro atoms. The fourth-order valence-corrected chi connectivity index (χ4v) is 4.40. The van der Waals surface area contributed by atoms with Gasteiger partial charge < -0.3 is 9.64 Å². The molecule has 27 heavy (non-hydrogen) atoms. The van der Waals surface area contributed by atoms with Gasteiger partial charge in [0.25, 0.3) is 5.91 Å². The second kappa shape index (κ2) is 7.89. The molecule has 1 aliphatic heterocycles. The number of benzene rings is 3. The molecule has 3 aromatic carbocycles. The van der Waals surface area contributed by atoms with E-state index in [2.05, 4.69) is 31.2 Å². The second-order valence-corrected chi connectivity index (χ2v) is 7.76. The van der Waals surface area contributed by atoms with Crippen LogP contribution in [0.15, 0.2) is 78.9 Å². The summed E-state index contributed by atoms with van der Waals surface area (Å²) in [5.41, 5.74) is 3.10. The van der Waals surface area contributed by atoms with Gasteiger partial charge in [-0.05, 0) is 48.9 Å². The number of thioether (sulfide) groups is 1. The van der Waals surface area contributed by atoms with Crippen LogP contribution >= 0.6 is 11.8 Å². The normalized spacial score (nSPS) is 16.3. The number of aryl methyl sites for hydroxylation is 1. The third kappa shape index (κ3) is 4.01. The van der Waals surface area contributed by atoms with E-state index >= 15 is 0 Å². The largest absolute Gasteiger partial charge is 0.457 e. The zero-order chi connectivity index (χ0) is 18.6. The zero-order valence-electron chi connectivity index (χ0n) is 15.2. The van der Waals surface area contributed by atoms with Crippen LogP contribution in [0.3, 0.4) is 0 Å². The first-order chi connectivity index (χ1) is 13.2. The molecule has 1 atom stereocenters. The molecule has 0 bridgehead atoms. The Morgan fingerprint density at radius 2 is 1.59 bits per heavy atom. The highest BCUT2D eigenvalue weighted by atomic mass is 32.2. The first-order valence-electron chi connectivity index (χ1n) is 9.03. The van der Waals surface area contributed by atoms with Gasteiger partial charge in [0.15, 0.2) is 0 Å². The zero-order valence-corrected chi connectivity index (χ0v) is 16.0. The average molecular weight is 375 g/mol. The number of amides is 1. The van der Waals surface area contributed by atoms with Crippen LogP contribution in [0.5, 0.6) is 11.5 Å². The molecule has 0 aliphatic carbocycles. The summed E-state index contributed by atoms with van der Waals surface area (Å²) in [6.45, 7) is 2.85. The molecule has 3 nitrogen and oxygen atoms in total. The molecular formula is C23H21NO2S. The summed E-state index contributed by atoms with van der Waals surface area (Å²) in [6, 6.07) is 25.5. The van der Waals surface area contributed by atoms with Crippen LogP contribution in [-0.4, -0.2) is 23.1 Å². The maximum absolute atomic E-state index is 13.0. The molecule has 1 amide bonds. The topological polar surface area (TPSA) is 29.5 Å². The number of ether oxygens (including phenoxy) is 1. The van der Waals surface area contributed by atoms with Gasteiger partial charge in [0.1, 0.15) is 16.9 Å². The van der Waals surface area contributed by atoms with Crippen molar-refractivity contribution in [2.75, 3.05) is 12.3 Å². The Hall–Kier alpha value is -2.72. The average Bonchev–Trinajstić information content (AvgIpc) is 3.19. The molecule has 1 fully saturated rings. The van der Waals surface area contributed by atoms with Crippen LogP contribution in [0, 0.1) is 6.92 Å². The minimum Gasteiger partial charge on any atom is -0.457 e. The fraction of sp³-hybridized carbons (Fsp3) is 0.174. The highest BCUT2D eigenvalue weighted by molar-refractivity contribution is 7.99. The van der Waals surface area contributed by atoms with E-state index < -0.39 is 0 Å². The number of carbonyl (C=O) groups is 1. The van der Waals surface area contributed by atoms with E-state index in [0.29, 0.717) is 5.56 Å². The number of nitrogens with zero attached hydrogens (tertiary/aromatic N) is 1. The van der Waals surface area contributed by atoms with Crippen molar-refractivity contribution in [3.05, 3.63) is 95.6 Å². The molecular weight excluding hydrogens is 354 g/mol. The van der Waals surface area contributed by atoms with E-state index in [1.807, 2.05) is 71.3 Å². The van der Waals surface area contributed by atoms with Gasteiger partial charge in [0.05, 0.1) is 0 Å². The van der Waals surface area contributed by atoms with Crippen molar-refractivity contribution in [1.82, 2.24) is 4.90 Å². The molecule has 0 saturated carbocycles. The Morgan fingerprint density at radius 1 is 0.926 bits per heavy atom. The van der Waals surface area contributed by atoms with Crippen LogP contribution in [0.1, 0.15) is 26.9 Å². The molecule has 4 heteroatoms. The summed E-state index contributed by atoms with van der Waals surface area (Å²) < 4.78 is 5.81. The van der Waals surface area contributed by atoms with Gasteiger partial charge in [0, 0.05) is 17.9 Å². The molecule has 3 aromatic rings. The van der Waals surface area contributed by atoms with Crippen LogP contribution in [0.4, 0.5) is 0 Å². The Labute approximate surface area is 164 Å². The Bertz CT molecular complexity index is 907. The van der Waals surface area contributed by atoms with Crippen molar-refractivity contribution in [2.45, 2.75) is 12.3 Å². The third-order valence-electron chi connectivity index (χ3n) is 4.59. The molecule has 4 rings (SSSR count). The fourth-order valence-electron chi connectivity index (χ4n) is 3.14. The minimum atomic E-state index is 0.0665. The Morgan fingerprint density at radius 3 is 2.30 bits per heavy atom. The van der Waals surface area contributed by atoms with E-state index in [9.17, 15) is 4.79 Å². The minimum absolute atomic E-state index is 0.0665. The van der Waals surface area contributed by atoms with Gasteiger partial charge in [-0.15, -0.1) is 11.8 Å². The maximum atomic E-state index is 13.0. The summed E-state index contributed by atoms with van der Waals surface area (Å²) in [7, 11) is 0. The second-order valence-electron chi connectivity index (χ2n) is 6.57. The van der Waals surface area contributed by atoms with Gasteiger partial charge in [-0.1, -0.05) is 48.0 Å². The van der Waals surface area contributed by atoms with E-state index in [1.165, 1.54) is 11.1 Å². The van der Waals surface area contributed by atoms with Crippen molar-refractivity contribution in [1.29, 1.82) is 0 Å². The molecule has 136 valence electrons. The standard InChI is InChI=1S/C23H21NO2S/c1-17-7-9-19(10-8-17)23-24(15-16-27-23)22(25)18-11-13-21(14-12-18)26-20-5-3-2-4-6-20/h2-14,23H,15-16H2,1H3. The SMILES string of the molecule is Cc1ccc(C2SCCN2C(=O)c2ccc(Oc3ccccc3)cc2)cc1. The molecule has 0 aromatic heterocycles. The van der Waals surface area contributed by atoms with Crippen LogP contribution in [0.2, 0.25) is 0 Å². The summed E-state index contributed by atoms with van der Waals surface area (Å²) >= 11 is 1.82. The number of hydrogen-bond donors (Lipinski definition) is 0. The lowest BCUT2D eigenvalue weighted by Gasteiger charge is -2.24. The molecule has 1 aliphatic rings. The van der Waals surface area contributed by atoms with Crippen LogP contribution in [-0.2, 0) is 0 Å². The van der Waals surface area contributed by atoms with Gasteiger partial charge in [-0.3, -0.25) is 4.79 Å². The van der Waals surface area contributed by atoms with E-state index in [-0.39, 0.29) is 11.3 Å². The first-order valence-corrected chi connectivity index (χ1v) is 10.1. The lowest BCUT2D eigenvalue weighted by molar-refractivity contribution is 0.0760. The van der Waals surface area contributed by atoms with E-state index in [4.69, 9.17) is 4.74 Å². The van der Waals surface area contributed by atoms with E-state index in [0.717, 1.165) is 23.8 Å². The van der Waals surface area contributed by atoms with Crippen molar-refractivity contribution in [3.63, 3.8) is 0 Å². The molecule has 1 saturated heterocycles. The predicted molar refractivity (Wildman–Crippen MR) is 110 cm³/mol. The van der Waals surface area contributed by atoms with Crippen molar-refractivity contribution in [3.8, 4) is 11.5 Å². The predicted octanol–water partition coefficient (Wildman–Crippen LogP) is 5.68. The monoisotopic (exact) mass is 375 g/mol. The number of para-hydroxylation sites is 1. The number of rotatable bonds is 4. The highest BCUT2D eigenvalue weighted by Crippen LogP contribution is 2.38. The van der Waals surface area contributed by atoms with Crippen LogP contribution in [0.25, 0.3) is 0 Å². The Kier molecular flexibility index (Phi) is 5.16. The first kappa shape index (κ1) is 17.7. The van der Waals surface area contributed by atoms with Crippen LogP contribution < -0.4 is 4.74 Å². The number of carbonyl (C=O) groups excluding carboxylic acids is 1. The van der Waals surface area contributed by atoms with E-state index in [1.54, 1.807) is 0 Å². The maximum Gasteiger partial charge on any atom is 0.255 e. The summed E-state index contributed by atoms with van der Waals surface area (Å²) in [6.07, 6.45) is 0. The summed E-state index contributed by atoms with van der Waals surface area (Å²) in [5.74, 6) is 2.53. The molecule has 1 unspecified atom stereocenters. The third-order valence-corrected chi connectivity index (χ3v) is 5.86. The quantitative estimate of drug-likeness (QED) is 0.588. The molecule has 0 radical (unpaired) electrons. The summed E-state index contributed by atoms with van der Waals surface area (Å²) in [5, 5.41) is 0.0818. The molecule has 1 heterocycles.